The molecule has 3 rings (SSSR count). The Morgan fingerprint density at radius 1 is 1.46 bits per heavy atom. The van der Waals surface area contributed by atoms with Gasteiger partial charge in [-0.2, -0.15) is 0 Å². The molecule has 1 amide bonds. The van der Waals surface area contributed by atoms with E-state index in [1.54, 1.807) is 19.2 Å². The Morgan fingerprint density at radius 2 is 2.29 bits per heavy atom. The summed E-state index contributed by atoms with van der Waals surface area (Å²) in [5, 5.41) is 3.04. The molecule has 0 aliphatic carbocycles. The average Bonchev–Trinajstić information content (AvgIpc) is 3.21. The van der Waals surface area contributed by atoms with Crippen molar-refractivity contribution in [2.24, 2.45) is 5.92 Å². The Hall–Kier alpha value is -2.34. The fourth-order valence-corrected chi connectivity index (χ4v) is 3.18. The lowest BCUT2D eigenvalue weighted by atomic mass is 10.1. The third-order valence-corrected chi connectivity index (χ3v) is 4.42. The second-order valence-corrected chi connectivity index (χ2v) is 6.29. The van der Waals surface area contributed by atoms with Gasteiger partial charge in [-0.25, -0.2) is 4.98 Å². The smallest absolute Gasteiger partial charge is 0.255 e. The molecule has 1 fully saturated rings. The number of ether oxygens (including phenoxy) is 1. The molecular formula is C18H24N4O2. The van der Waals surface area contributed by atoms with E-state index in [-0.39, 0.29) is 5.91 Å². The lowest BCUT2D eigenvalue weighted by Gasteiger charge is -2.15. The standard InChI is InChI=1S/C18H24N4O2/c1-13-19-10-15(21-13)12-22-8-7-14(11-22)9-20-18(23)16-5-3-4-6-17(16)24-2/h3-6,10,14H,7-9,11-12H2,1-2H3,(H,19,21)(H,20,23)/t14-/m0/s1. The summed E-state index contributed by atoms with van der Waals surface area (Å²) in [4.78, 5) is 22.2. The van der Waals surface area contributed by atoms with Crippen molar-refractivity contribution in [1.29, 1.82) is 0 Å². The first kappa shape index (κ1) is 16.5. The summed E-state index contributed by atoms with van der Waals surface area (Å²) in [6.07, 6.45) is 2.99. The maximum Gasteiger partial charge on any atom is 0.255 e. The Kier molecular flexibility index (Phi) is 5.15. The van der Waals surface area contributed by atoms with Crippen LogP contribution < -0.4 is 10.1 Å². The highest BCUT2D eigenvalue weighted by Crippen LogP contribution is 2.19. The van der Waals surface area contributed by atoms with Crippen LogP contribution in [0.1, 0.15) is 28.3 Å². The minimum absolute atomic E-state index is 0.0740. The predicted molar refractivity (Wildman–Crippen MR) is 92.0 cm³/mol. The van der Waals surface area contributed by atoms with E-state index in [4.69, 9.17) is 4.74 Å². The summed E-state index contributed by atoms with van der Waals surface area (Å²) in [7, 11) is 1.58. The van der Waals surface area contributed by atoms with Crippen molar-refractivity contribution in [3.05, 3.63) is 47.5 Å². The number of nitrogens with zero attached hydrogens (tertiary/aromatic N) is 2. The third-order valence-electron chi connectivity index (χ3n) is 4.42. The van der Waals surface area contributed by atoms with Gasteiger partial charge in [0.05, 0.1) is 12.7 Å². The van der Waals surface area contributed by atoms with Crippen LogP contribution in [0, 0.1) is 12.8 Å². The van der Waals surface area contributed by atoms with Crippen molar-refractivity contribution in [2.45, 2.75) is 19.9 Å². The predicted octanol–water partition coefficient (Wildman–Crippen LogP) is 1.98. The van der Waals surface area contributed by atoms with Crippen molar-refractivity contribution in [3.63, 3.8) is 0 Å². The summed E-state index contributed by atoms with van der Waals surface area (Å²) in [5.74, 6) is 1.96. The van der Waals surface area contributed by atoms with Crippen LogP contribution >= 0.6 is 0 Å². The molecule has 1 aromatic heterocycles. The number of aromatic amines is 1. The van der Waals surface area contributed by atoms with Gasteiger partial charge in [0, 0.05) is 31.5 Å². The molecule has 1 aromatic carbocycles. The number of carbonyl (C=O) groups is 1. The summed E-state index contributed by atoms with van der Waals surface area (Å²) >= 11 is 0. The van der Waals surface area contributed by atoms with Gasteiger partial charge in [0.25, 0.3) is 5.91 Å². The minimum atomic E-state index is -0.0740. The zero-order chi connectivity index (χ0) is 16.9. The largest absolute Gasteiger partial charge is 0.496 e. The van der Waals surface area contributed by atoms with Gasteiger partial charge in [-0.15, -0.1) is 0 Å². The first-order valence-electron chi connectivity index (χ1n) is 8.29. The molecule has 128 valence electrons. The molecule has 1 aliphatic rings. The quantitative estimate of drug-likeness (QED) is 0.851. The maximum atomic E-state index is 12.3. The van der Waals surface area contributed by atoms with Crippen LogP contribution in [0.25, 0.3) is 0 Å². The van der Waals surface area contributed by atoms with Gasteiger partial charge in [-0.05, 0) is 37.9 Å². The van der Waals surface area contributed by atoms with E-state index < -0.39 is 0 Å². The molecule has 1 saturated heterocycles. The van der Waals surface area contributed by atoms with Crippen LogP contribution in [0.5, 0.6) is 5.75 Å². The van der Waals surface area contributed by atoms with E-state index in [9.17, 15) is 4.79 Å². The molecule has 6 heteroatoms. The summed E-state index contributed by atoms with van der Waals surface area (Å²) in [5.41, 5.74) is 1.73. The van der Waals surface area contributed by atoms with Crippen molar-refractivity contribution >= 4 is 5.91 Å². The van der Waals surface area contributed by atoms with Gasteiger partial charge >= 0.3 is 0 Å². The Balaban J connectivity index is 1.48. The SMILES string of the molecule is COc1ccccc1C(=O)NC[C@@H]1CCN(Cc2cnc(C)[nH]2)C1. The number of para-hydroxylation sites is 1. The molecule has 0 saturated carbocycles. The van der Waals surface area contributed by atoms with Crippen LogP contribution in [0.15, 0.2) is 30.5 Å². The molecular weight excluding hydrogens is 304 g/mol. The van der Waals surface area contributed by atoms with E-state index in [2.05, 4.69) is 20.2 Å². The Bertz CT molecular complexity index is 698. The number of benzene rings is 1. The van der Waals surface area contributed by atoms with Crippen LogP contribution in [0.3, 0.4) is 0 Å². The van der Waals surface area contributed by atoms with Crippen LogP contribution in [0.4, 0.5) is 0 Å². The molecule has 1 atom stereocenters. The highest BCUT2D eigenvalue weighted by molar-refractivity contribution is 5.96. The number of H-pyrrole nitrogens is 1. The van der Waals surface area contributed by atoms with E-state index in [0.29, 0.717) is 23.8 Å². The number of amides is 1. The average molecular weight is 328 g/mol. The lowest BCUT2D eigenvalue weighted by Crippen LogP contribution is -2.31. The number of imidazole rings is 1. The number of nitrogens with one attached hydrogen (secondary N) is 2. The van der Waals surface area contributed by atoms with Gasteiger partial charge < -0.3 is 15.0 Å². The zero-order valence-electron chi connectivity index (χ0n) is 14.2. The molecule has 2 N–H and O–H groups in total. The number of aryl methyl sites for hydroxylation is 1. The van der Waals surface area contributed by atoms with Crippen molar-refractivity contribution in [3.8, 4) is 5.75 Å². The summed E-state index contributed by atoms with van der Waals surface area (Å²) in [6, 6.07) is 7.30. The maximum absolute atomic E-state index is 12.3. The van der Waals surface area contributed by atoms with Crippen molar-refractivity contribution in [2.75, 3.05) is 26.7 Å². The number of hydrogen-bond donors (Lipinski definition) is 2. The first-order valence-corrected chi connectivity index (χ1v) is 8.29. The van der Waals surface area contributed by atoms with E-state index in [1.165, 1.54) is 0 Å². The molecule has 1 aliphatic heterocycles. The molecule has 24 heavy (non-hydrogen) atoms. The highest BCUT2D eigenvalue weighted by atomic mass is 16.5. The zero-order valence-corrected chi connectivity index (χ0v) is 14.2. The van der Waals surface area contributed by atoms with E-state index in [0.717, 1.165) is 37.6 Å². The normalized spacial score (nSPS) is 17.8. The van der Waals surface area contributed by atoms with Gasteiger partial charge in [-0.3, -0.25) is 9.69 Å². The fourth-order valence-electron chi connectivity index (χ4n) is 3.18. The molecule has 0 radical (unpaired) electrons. The number of carbonyl (C=O) groups excluding carboxylic acids is 1. The first-order chi connectivity index (χ1) is 11.7. The Labute approximate surface area is 142 Å². The van der Waals surface area contributed by atoms with Gasteiger partial charge in [0.15, 0.2) is 0 Å². The van der Waals surface area contributed by atoms with Gasteiger partial charge in [-0.1, -0.05) is 12.1 Å². The summed E-state index contributed by atoms with van der Waals surface area (Å²) < 4.78 is 5.25. The second kappa shape index (κ2) is 7.49. The van der Waals surface area contributed by atoms with E-state index >= 15 is 0 Å². The fraction of sp³-hybridized carbons (Fsp3) is 0.444. The van der Waals surface area contributed by atoms with Crippen molar-refractivity contribution < 1.29 is 9.53 Å². The molecule has 0 bridgehead atoms. The molecule has 2 heterocycles. The molecule has 0 unspecified atom stereocenters. The van der Waals surface area contributed by atoms with Gasteiger partial charge in [0.2, 0.25) is 0 Å². The third kappa shape index (κ3) is 3.94. The number of rotatable bonds is 6. The highest BCUT2D eigenvalue weighted by Gasteiger charge is 2.23. The second-order valence-electron chi connectivity index (χ2n) is 6.29. The van der Waals surface area contributed by atoms with Gasteiger partial charge in [0.1, 0.15) is 11.6 Å². The number of methoxy groups -OCH3 is 1. The lowest BCUT2D eigenvalue weighted by molar-refractivity contribution is 0.0944. The van der Waals surface area contributed by atoms with E-state index in [1.807, 2.05) is 25.3 Å². The monoisotopic (exact) mass is 328 g/mol. The minimum Gasteiger partial charge on any atom is -0.496 e. The molecule has 6 nitrogen and oxygen atoms in total. The van der Waals surface area contributed by atoms with Crippen LogP contribution in [-0.2, 0) is 6.54 Å². The Morgan fingerprint density at radius 3 is 3.04 bits per heavy atom. The molecule has 2 aromatic rings. The van der Waals surface area contributed by atoms with Crippen LogP contribution in [-0.4, -0.2) is 47.5 Å². The number of hydrogen-bond acceptors (Lipinski definition) is 4. The number of likely N-dealkylation sites (tertiary alicyclic amines) is 1. The summed E-state index contributed by atoms with van der Waals surface area (Å²) in [6.45, 7) is 5.58. The van der Waals surface area contributed by atoms with Crippen molar-refractivity contribution in [1.82, 2.24) is 20.2 Å². The molecule has 0 spiro atoms. The topological polar surface area (TPSA) is 70.2 Å². The van der Waals surface area contributed by atoms with Crippen LogP contribution in [0.2, 0.25) is 0 Å². The number of aromatic nitrogens is 2.